The molecule has 2 aromatic rings. The summed E-state index contributed by atoms with van der Waals surface area (Å²) in [5.41, 5.74) is 1.82. The first-order valence-electron chi connectivity index (χ1n) is 6.88. The van der Waals surface area contributed by atoms with Gasteiger partial charge in [-0.3, -0.25) is 0 Å². The maximum Gasteiger partial charge on any atom is 0.141 e. The summed E-state index contributed by atoms with van der Waals surface area (Å²) < 4.78 is 18.8. The lowest BCUT2D eigenvalue weighted by Crippen LogP contribution is -2.01. The van der Waals surface area contributed by atoms with Gasteiger partial charge in [0.2, 0.25) is 0 Å². The van der Waals surface area contributed by atoms with Crippen LogP contribution in [-0.4, -0.2) is 6.61 Å². The molecule has 0 heterocycles. The van der Waals surface area contributed by atoms with Gasteiger partial charge in [0, 0.05) is 12.2 Å². The van der Waals surface area contributed by atoms with Crippen molar-refractivity contribution in [3.05, 3.63) is 59.4 Å². The monoisotopic (exact) mass is 284 g/mol. The molecular weight excluding hydrogens is 267 g/mol. The summed E-state index contributed by atoms with van der Waals surface area (Å²) in [4.78, 5) is 0. The van der Waals surface area contributed by atoms with Crippen LogP contribution >= 0.6 is 0 Å². The molecule has 4 heteroatoms. The molecule has 3 nitrogen and oxygen atoms in total. The van der Waals surface area contributed by atoms with Crippen LogP contribution in [0, 0.1) is 17.1 Å². The number of rotatable bonds is 6. The molecule has 0 aliphatic rings. The lowest BCUT2D eigenvalue weighted by Gasteiger charge is -2.09. The minimum absolute atomic E-state index is 0.0417. The largest absolute Gasteiger partial charge is 0.494 e. The zero-order chi connectivity index (χ0) is 15.1. The smallest absolute Gasteiger partial charge is 0.141 e. The lowest BCUT2D eigenvalue weighted by molar-refractivity contribution is 0.317. The first kappa shape index (κ1) is 14.9. The molecule has 21 heavy (non-hydrogen) atoms. The van der Waals surface area contributed by atoms with Crippen molar-refractivity contribution in [2.45, 2.75) is 19.9 Å². The summed E-state index contributed by atoms with van der Waals surface area (Å²) >= 11 is 0. The van der Waals surface area contributed by atoms with Gasteiger partial charge in [-0.25, -0.2) is 4.39 Å². The van der Waals surface area contributed by atoms with Crippen LogP contribution in [0.3, 0.4) is 0 Å². The molecule has 0 radical (unpaired) electrons. The average Bonchev–Trinajstić information content (AvgIpc) is 2.52. The summed E-state index contributed by atoms with van der Waals surface area (Å²) in [6, 6.07) is 14.1. The SMILES string of the molecule is CCCOc1cccc(CNc2ccc(F)c(C#N)c2)c1. The third-order valence-corrected chi connectivity index (χ3v) is 2.95. The van der Waals surface area contributed by atoms with Crippen LogP contribution in [0.15, 0.2) is 42.5 Å². The van der Waals surface area contributed by atoms with E-state index >= 15 is 0 Å². The third kappa shape index (κ3) is 4.22. The summed E-state index contributed by atoms with van der Waals surface area (Å²) in [5.74, 6) is 0.339. The Morgan fingerprint density at radius 3 is 2.86 bits per heavy atom. The molecule has 2 aromatic carbocycles. The van der Waals surface area contributed by atoms with Gasteiger partial charge in [0.05, 0.1) is 12.2 Å². The minimum Gasteiger partial charge on any atom is -0.494 e. The number of nitriles is 1. The Morgan fingerprint density at radius 1 is 1.24 bits per heavy atom. The number of halogens is 1. The molecule has 0 aromatic heterocycles. The summed E-state index contributed by atoms with van der Waals surface area (Å²) in [5, 5.41) is 12.0. The Morgan fingerprint density at radius 2 is 2.10 bits per heavy atom. The summed E-state index contributed by atoms with van der Waals surface area (Å²) in [7, 11) is 0. The Labute approximate surface area is 124 Å². The molecule has 0 bridgehead atoms. The van der Waals surface area contributed by atoms with Gasteiger partial charge in [-0.15, -0.1) is 0 Å². The van der Waals surface area contributed by atoms with Gasteiger partial charge in [0.1, 0.15) is 17.6 Å². The molecule has 0 aliphatic carbocycles. The van der Waals surface area contributed by atoms with Crippen LogP contribution in [0.1, 0.15) is 24.5 Å². The predicted octanol–water partition coefficient (Wildman–Crippen LogP) is 4.10. The first-order valence-corrected chi connectivity index (χ1v) is 6.88. The number of benzene rings is 2. The van der Waals surface area contributed by atoms with Crippen LogP contribution in [0.4, 0.5) is 10.1 Å². The molecule has 0 fully saturated rings. The summed E-state index contributed by atoms with van der Waals surface area (Å²) in [6.07, 6.45) is 0.967. The van der Waals surface area contributed by atoms with Crippen LogP contribution in [0.25, 0.3) is 0 Å². The van der Waals surface area contributed by atoms with Crippen molar-refractivity contribution in [2.75, 3.05) is 11.9 Å². The number of nitrogens with one attached hydrogen (secondary N) is 1. The first-order chi connectivity index (χ1) is 10.2. The maximum atomic E-state index is 13.2. The maximum absolute atomic E-state index is 13.2. The lowest BCUT2D eigenvalue weighted by atomic mass is 10.2. The van der Waals surface area contributed by atoms with E-state index in [1.165, 1.54) is 12.1 Å². The van der Waals surface area contributed by atoms with Crippen molar-refractivity contribution < 1.29 is 9.13 Å². The zero-order valence-electron chi connectivity index (χ0n) is 11.9. The van der Waals surface area contributed by atoms with Crippen LogP contribution in [-0.2, 0) is 6.54 Å². The van der Waals surface area contributed by atoms with E-state index in [1.807, 2.05) is 30.3 Å². The highest BCUT2D eigenvalue weighted by molar-refractivity contribution is 5.50. The number of hydrogen-bond acceptors (Lipinski definition) is 3. The molecule has 2 rings (SSSR count). The van der Waals surface area contributed by atoms with Crippen molar-refractivity contribution in [1.29, 1.82) is 5.26 Å². The minimum atomic E-state index is -0.502. The Balaban J connectivity index is 2.01. The van der Waals surface area contributed by atoms with E-state index < -0.39 is 5.82 Å². The predicted molar refractivity (Wildman–Crippen MR) is 80.7 cm³/mol. The van der Waals surface area contributed by atoms with E-state index in [9.17, 15) is 4.39 Å². The van der Waals surface area contributed by atoms with E-state index in [0.717, 1.165) is 17.7 Å². The van der Waals surface area contributed by atoms with E-state index in [-0.39, 0.29) is 5.56 Å². The molecule has 0 unspecified atom stereocenters. The van der Waals surface area contributed by atoms with E-state index in [1.54, 1.807) is 6.07 Å². The van der Waals surface area contributed by atoms with Gasteiger partial charge in [0.25, 0.3) is 0 Å². The molecule has 0 spiro atoms. The number of nitrogens with zero attached hydrogens (tertiary/aromatic N) is 1. The standard InChI is InChI=1S/C17H17FN2O/c1-2-8-21-16-5-3-4-13(9-16)12-20-15-6-7-17(18)14(10-15)11-19/h3-7,9-10,20H,2,8,12H2,1H3. The van der Waals surface area contributed by atoms with Crippen molar-refractivity contribution in [1.82, 2.24) is 0 Å². The van der Waals surface area contributed by atoms with Gasteiger partial charge in [-0.05, 0) is 42.3 Å². The Hall–Kier alpha value is -2.54. The number of hydrogen-bond donors (Lipinski definition) is 1. The average molecular weight is 284 g/mol. The second-order valence-electron chi connectivity index (χ2n) is 4.66. The van der Waals surface area contributed by atoms with Gasteiger partial charge >= 0.3 is 0 Å². The fourth-order valence-electron chi connectivity index (χ4n) is 1.89. The van der Waals surface area contributed by atoms with Gasteiger partial charge in [-0.2, -0.15) is 5.26 Å². The quantitative estimate of drug-likeness (QED) is 0.868. The summed E-state index contributed by atoms with van der Waals surface area (Å²) in [6.45, 7) is 3.34. The Kier molecular flexibility index (Phi) is 5.16. The van der Waals surface area contributed by atoms with Crippen LogP contribution in [0.2, 0.25) is 0 Å². The topological polar surface area (TPSA) is 45.0 Å². The normalized spacial score (nSPS) is 9.95. The molecule has 1 N–H and O–H groups in total. The molecule has 0 aliphatic heterocycles. The van der Waals surface area contributed by atoms with Crippen molar-refractivity contribution >= 4 is 5.69 Å². The molecule has 0 atom stereocenters. The van der Waals surface area contributed by atoms with Crippen molar-refractivity contribution in [2.24, 2.45) is 0 Å². The number of anilines is 1. The van der Waals surface area contributed by atoms with Gasteiger partial charge in [-0.1, -0.05) is 19.1 Å². The van der Waals surface area contributed by atoms with E-state index in [0.29, 0.717) is 18.8 Å². The van der Waals surface area contributed by atoms with E-state index in [4.69, 9.17) is 10.00 Å². The van der Waals surface area contributed by atoms with Crippen molar-refractivity contribution in [3.63, 3.8) is 0 Å². The zero-order valence-corrected chi connectivity index (χ0v) is 11.9. The fraction of sp³-hybridized carbons (Fsp3) is 0.235. The molecule has 0 amide bonds. The van der Waals surface area contributed by atoms with Gasteiger partial charge < -0.3 is 10.1 Å². The molecular formula is C17H17FN2O. The van der Waals surface area contributed by atoms with Crippen LogP contribution in [0.5, 0.6) is 5.75 Å². The second kappa shape index (κ2) is 7.30. The highest BCUT2D eigenvalue weighted by atomic mass is 19.1. The third-order valence-electron chi connectivity index (χ3n) is 2.95. The molecule has 0 saturated carbocycles. The highest BCUT2D eigenvalue weighted by Gasteiger charge is 2.03. The van der Waals surface area contributed by atoms with Crippen molar-refractivity contribution in [3.8, 4) is 11.8 Å². The van der Waals surface area contributed by atoms with Gasteiger partial charge in [0.15, 0.2) is 0 Å². The fourth-order valence-corrected chi connectivity index (χ4v) is 1.89. The highest BCUT2D eigenvalue weighted by Crippen LogP contribution is 2.17. The molecule has 108 valence electrons. The molecule has 0 saturated heterocycles. The second-order valence-corrected chi connectivity index (χ2v) is 4.66. The van der Waals surface area contributed by atoms with E-state index in [2.05, 4.69) is 12.2 Å². The van der Waals surface area contributed by atoms with Crippen LogP contribution < -0.4 is 10.1 Å². The Bertz CT molecular complexity index is 649. The number of ether oxygens (including phenoxy) is 1.